The van der Waals surface area contributed by atoms with Gasteiger partial charge in [-0.05, 0) is 18.4 Å². The number of amides is 1. The summed E-state index contributed by atoms with van der Waals surface area (Å²) in [4.78, 5) is 25.8. The summed E-state index contributed by atoms with van der Waals surface area (Å²) in [6, 6.07) is 5.53. The third kappa shape index (κ3) is 3.19. The van der Waals surface area contributed by atoms with Crippen LogP contribution in [0.25, 0.3) is 0 Å². The molecule has 0 aliphatic carbocycles. The molecule has 1 aliphatic rings. The Morgan fingerprint density at radius 2 is 2.14 bits per heavy atom. The highest BCUT2D eigenvalue weighted by atomic mass is 32.1. The average molecular weight is 318 g/mol. The maximum atomic E-state index is 12.3. The van der Waals surface area contributed by atoms with Gasteiger partial charge in [0.25, 0.3) is 5.91 Å². The Hall–Kier alpha value is -2.15. The third-order valence-electron chi connectivity index (χ3n) is 3.49. The Kier molecular flexibility index (Phi) is 4.53. The van der Waals surface area contributed by atoms with Crippen LogP contribution in [0.15, 0.2) is 29.8 Å². The number of carbonyl (C=O) groups excluding carboxylic acids is 1. The highest BCUT2D eigenvalue weighted by Gasteiger charge is 2.24. The van der Waals surface area contributed by atoms with Gasteiger partial charge in [-0.15, -0.1) is 11.3 Å². The number of ether oxygens (including phenoxy) is 1. The van der Waals surface area contributed by atoms with Gasteiger partial charge in [-0.1, -0.05) is 6.07 Å². The van der Waals surface area contributed by atoms with Crippen molar-refractivity contribution in [3.05, 3.63) is 34.7 Å². The van der Waals surface area contributed by atoms with Gasteiger partial charge in [0.15, 0.2) is 0 Å². The van der Waals surface area contributed by atoms with Crippen molar-refractivity contribution in [2.75, 3.05) is 37.7 Å². The first-order valence-electron chi connectivity index (χ1n) is 7.31. The summed E-state index contributed by atoms with van der Waals surface area (Å²) in [7, 11) is 0. The molecule has 2 aromatic rings. The van der Waals surface area contributed by atoms with E-state index in [1.165, 1.54) is 11.3 Å². The lowest BCUT2D eigenvalue weighted by molar-refractivity contribution is 0.0751. The number of rotatable bonds is 4. The highest BCUT2D eigenvalue weighted by Crippen LogP contribution is 2.17. The zero-order valence-corrected chi connectivity index (χ0v) is 13.3. The Morgan fingerprint density at radius 3 is 2.82 bits per heavy atom. The molecule has 116 valence electrons. The van der Waals surface area contributed by atoms with E-state index in [0.717, 1.165) is 18.0 Å². The number of piperazine rings is 1. The topological polar surface area (TPSA) is 58.6 Å². The van der Waals surface area contributed by atoms with E-state index in [0.29, 0.717) is 31.5 Å². The van der Waals surface area contributed by atoms with Gasteiger partial charge in [-0.25, -0.2) is 4.98 Å². The minimum atomic E-state index is 0.110. The number of hydrogen-bond donors (Lipinski definition) is 0. The molecule has 0 unspecified atom stereocenters. The summed E-state index contributed by atoms with van der Waals surface area (Å²) in [5, 5.41) is 1.93. The first-order chi connectivity index (χ1) is 10.8. The number of aromatic nitrogens is 2. The minimum Gasteiger partial charge on any atom is -0.478 e. The third-order valence-corrected chi connectivity index (χ3v) is 4.35. The molecule has 0 N–H and O–H groups in total. The fourth-order valence-corrected chi connectivity index (χ4v) is 3.07. The van der Waals surface area contributed by atoms with Gasteiger partial charge in [-0.2, -0.15) is 4.98 Å². The van der Waals surface area contributed by atoms with Crippen LogP contribution < -0.4 is 9.64 Å². The lowest BCUT2D eigenvalue weighted by Crippen LogP contribution is -2.49. The quantitative estimate of drug-likeness (QED) is 0.862. The van der Waals surface area contributed by atoms with Gasteiger partial charge in [0.1, 0.15) is 0 Å². The molecule has 0 aromatic carbocycles. The largest absolute Gasteiger partial charge is 0.478 e. The van der Waals surface area contributed by atoms with Crippen molar-refractivity contribution < 1.29 is 9.53 Å². The second-order valence-electron chi connectivity index (χ2n) is 4.88. The number of thiophene rings is 1. The van der Waals surface area contributed by atoms with Crippen LogP contribution in [0.1, 0.15) is 16.6 Å². The van der Waals surface area contributed by atoms with E-state index in [9.17, 15) is 4.79 Å². The highest BCUT2D eigenvalue weighted by molar-refractivity contribution is 7.12. The van der Waals surface area contributed by atoms with Crippen molar-refractivity contribution in [1.82, 2.24) is 14.9 Å². The SMILES string of the molecule is CCOc1ccnc(N2CCN(C(=O)c3cccs3)CC2)n1. The lowest BCUT2D eigenvalue weighted by atomic mass is 10.3. The van der Waals surface area contributed by atoms with E-state index in [4.69, 9.17) is 4.74 Å². The van der Waals surface area contributed by atoms with Crippen molar-refractivity contribution in [3.63, 3.8) is 0 Å². The Labute approximate surface area is 133 Å². The van der Waals surface area contributed by atoms with Gasteiger partial charge >= 0.3 is 0 Å². The number of hydrogen-bond acceptors (Lipinski definition) is 6. The van der Waals surface area contributed by atoms with Crippen LogP contribution in [-0.4, -0.2) is 53.6 Å². The summed E-state index contributed by atoms with van der Waals surface area (Å²) in [6.45, 7) is 5.33. The van der Waals surface area contributed by atoms with Gasteiger partial charge in [0.2, 0.25) is 11.8 Å². The average Bonchev–Trinajstić information content (AvgIpc) is 3.09. The molecule has 6 nitrogen and oxygen atoms in total. The van der Waals surface area contributed by atoms with E-state index in [1.54, 1.807) is 12.3 Å². The van der Waals surface area contributed by atoms with Crippen LogP contribution in [-0.2, 0) is 0 Å². The molecule has 1 saturated heterocycles. The van der Waals surface area contributed by atoms with Crippen molar-refractivity contribution in [1.29, 1.82) is 0 Å². The predicted molar refractivity (Wildman–Crippen MR) is 85.6 cm³/mol. The zero-order chi connectivity index (χ0) is 15.4. The molecule has 0 radical (unpaired) electrons. The molecule has 0 atom stereocenters. The minimum absolute atomic E-state index is 0.110. The number of anilines is 1. The van der Waals surface area contributed by atoms with E-state index >= 15 is 0 Å². The summed E-state index contributed by atoms with van der Waals surface area (Å²) < 4.78 is 5.40. The predicted octanol–water partition coefficient (Wildman–Crippen LogP) is 1.90. The Balaban J connectivity index is 1.62. The molecule has 0 saturated carbocycles. The van der Waals surface area contributed by atoms with Gasteiger partial charge in [-0.3, -0.25) is 4.79 Å². The Morgan fingerprint density at radius 1 is 1.32 bits per heavy atom. The molecule has 1 aliphatic heterocycles. The van der Waals surface area contributed by atoms with Gasteiger partial charge in [0, 0.05) is 38.4 Å². The Bertz CT molecular complexity index is 624. The van der Waals surface area contributed by atoms with Crippen LogP contribution in [0.2, 0.25) is 0 Å². The zero-order valence-electron chi connectivity index (χ0n) is 12.4. The lowest BCUT2D eigenvalue weighted by Gasteiger charge is -2.34. The van der Waals surface area contributed by atoms with Crippen LogP contribution >= 0.6 is 11.3 Å². The molecule has 3 rings (SSSR count). The second kappa shape index (κ2) is 6.74. The standard InChI is InChI=1S/C15H18N4O2S/c1-2-21-13-5-6-16-15(17-13)19-9-7-18(8-10-19)14(20)12-4-3-11-22-12/h3-6,11H,2,7-10H2,1H3. The normalized spacial score (nSPS) is 15.0. The molecule has 22 heavy (non-hydrogen) atoms. The van der Waals surface area contributed by atoms with Gasteiger partial charge < -0.3 is 14.5 Å². The van der Waals surface area contributed by atoms with E-state index in [-0.39, 0.29) is 5.91 Å². The molecule has 1 amide bonds. The fraction of sp³-hybridized carbons (Fsp3) is 0.400. The summed E-state index contributed by atoms with van der Waals surface area (Å²) in [5.74, 6) is 1.36. The first-order valence-corrected chi connectivity index (χ1v) is 8.19. The molecule has 3 heterocycles. The van der Waals surface area contributed by atoms with Crippen molar-refractivity contribution >= 4 is 23.2 Å². The summed E-state index contributed by atoms with van der Waals surface area (Å²) in [6.07, 6.45) is 1.70. The summed E-state index contributed by atoms with van der Waals surface area (Å²) in [5.41, 5.74) is 0. The van der Waals surface area contributed by atoms with Crippen LogP contribution in [0.5, 0.6) is 5.88 Å². The van der Waals surface area contributed by atoms with Crippen molar-refractivity contribution in [3.8, 4) is 5.88 Å². The van der Waals surface area contributed by atoms with Crippen LogP contribution in [0, 0.1) is 0 Å². The fourth-order valence-electron chi connectivity index (χ4n) is 2.38. The monoisotopic (exact) mass is 318 g/mol. The molecular weight excluding hydrogens is 300 g/mol. The molecular formula is C15H18N4O2S. The van der Waals surface area contributed by atoms with E-state index < -0.39 is 0 Å². The maximum absolute atomic E-state index is 12.3. The number of carbonyl (C=O) groups is 1. The van der Waals surface area contributed by atoms with E-state index in [1.807, 2.05) is 29.3 Å². The molecule has 1 fully saturated rings. The van der Waals surface area contributed by atoms with Crippen LogP contribution in [0.4, 0.5) is 5.95 Å². The van der Waals surface area contributed by atoms with Crippen molar-refractivity contribution in [2.24, 2.45) is 0 Å². The first kappa shape index (κ1) is 14.8. The van der Waals surface area contributed by atoms with Crippen molar-refractivity contribution in [2.45, 2.75) is 6.92 Å². The van der Waals surface area contributed by atoms with Crippen LogP contribution in [0.3, 0.4) is 0 Å². The second-order valence-corrected chi connectivity index (χ2v) is 5.83. The molecule has 0 bridgehead atoms. The number of nitrogens with zero attached hydrogens (tertiary/aromatic N) is 4. The van der Waals surface area contributed by atoms with Gasteiger partial charge in [0.05, 0.1) is 11.5 Å². The molecule has 2 aromatic heterocycles. The smallest absolute Gasteiger partial charge is 0.264 e. The maximum Gasteiger partial charge on any atom is 0.264 e. The molecule has 7 heteroatoms. The van der Waals surface area contributed by atoms with E-state index in [2.05, 4.69) is 14.9 Å². The molecule has 0 spiro atoms. The summed E-state index contributed by atoms with van der Waals surface area (Å²) >= 11 is 1.48.